The van der Waals surface area contributed by atoms with E-state index in [1.165, 1.54) is 12.1 Å². The molecular formula is C18H22N2O5. The molecule has 0 atom stereocenters. The number of amides is 1. The highest BCUT2D eigenvalue weighted by Gasteiger charge is 2.08. The maximum atomic E-state index is 11.0. The monoisotopic (exact) mass is 346 g/mol. The maximum Gasteiger partial charge on any atom is 0.252 e. The van der Waals surface area contributed by atoms with Crippen LogP contribution in [-0.4, -0.2) is 42.4 Å². The lowest BCUT2D eigenvalue weighted by Crippen LogP contribution is -2.23. The van der Waals surface area contributed by atoms with E-state index in [2.05, 4.69) is 5.32 Å². The summed E-state index contributed by atoms with van der Waals surface area (Å²) in [6, 6.07) is 11.0. The number of hydrogen-bond acceptors (Lipinski definition) is 6. The number of aromatic hydroxyl groups is 2. The number of benzene rings is 2. The Morgan fingerprint density at radius 3 is 2.32 bits per heavy atom. The molecule has 1 amide bonds. The van der Waals surface area contributed by atoms with Crippen molar-refractivity contribution in [3.8, 4) is 23.0 Å². The summed E-state index contributed by atoms with van der Waals surface area (Å²) in [7, 11) is 0. The Bertz CT molecular complexity index is 688. The van der Waals surface area contributed by atoms with Crippen molar-refractivity contribution in [1.82, 2.24) is 5.32 Å². The molecule has 0 fully saturated rings. The molecule has 0 aliphatic rings. The van der Waals surface area contributed by atoms with Gasteiger partial charge in [-0.2, -0.15) is 0 Å². The smallest absolute Gasteiger partial charge is 0.252 e. The van der Waals surface area contributed by atoms with Crippen LogP contribution in [-0.2, 0) is 0 Å². The fourth-order valence-corrected chi connectivity index (χ4v) is 2.11. The fourth-order valence-electron chi connectivity index (χ4n) is 2.11. The van der Waals surface area contributed by atoms with Gasteiger partial charge in [0.1, 0.15) is 29.6 Å². The quantitative estimate of drug-likeness (QED) is 0.486. The predicted molar refractivity (Wildman–Crippen MR) is 93.2 cm³/mol. The van der Waals surface area contributed by atoms with Crippen molar-refractivity contribution in [2.45, 2.75) is 6.42 Å². The van der Waals surface area contributed by atoms with Gasteiger partial charge in [0.2, 0.25) is 0 Å². The van der Waals surface area contributed by atoms with Gasteiger partial charge in [0, 0.05) is 12.6 Å². The number of carbonyl (C=O) groups is 1. The standard InChI is InChI=1S/C18H22N2O5/c19-18(23)16-7-6-15(12-17(16)22)25-11-9-20-8-1-10-24-14-4-2-13(21)3-5-14/h2-7,12,20-22H,1,8-11H2,(H2,19,23). The van der Waals surface area contributed by atoms with Crippen LogP contribution >= 0.6 is 0 Å². The van der Waals surface area contributed by atoms with Crippen molar-refractivity contribution in [3.05, 3.63) is 48.0 Å². The first-order valence-corrected chi connectivity index (χ1v) is 7.94. The largest absolute Gasteiger partial charge is 0.508 e. The van der Waals surface area contributed by atoms with Gasteiger partial charge in [0.05, 0.1) is 12.2 Å². The second kappa shape index (κ2) is 9.39. The summed E-state index contributed by atoms with van der Waals surface area (Å²) in [6.45, 7) is 2.40. The van der Waals surface area contributed by atoms with Crippen molar-refractivity contribution >= 4 is 5.91 Å². The zero-order valence-electron chi connectivity index (χ0n) is 13.8. The van der Waals surface area contributed by atoms with Gasteiger partial charge in [-0.1, -0.05) is 0 Å². The number of carbonyl (C=O) groups excluding carboxylic acids is 1. The highest BCUT2D eigenvalue weighted by Crippen LogP contribution is 2.23. The molecule has 0 unspecified atom stereocenters. The number of rotatable bonds is 10. The topological polar surface area (TPSA) is 114 Å². The first-order valence-electron chi connectivity index (χ1n) is 7.94. The molecule has 134 valence electrons. The molecule has 0 aliphatic heterocycles. The van der Waals surface area contributed by atoms with Gasteiger partial charge in [0.15, 0.2) is 0 Å². The van der Waals surface area contributed by atoms with E-state index in [4.69, 9.17) is 15.2 Å². The van der Waals surface area contributed by atoms with Crippen molar-refractivity contribution in [2.75, 3.05) is 26.3 Å². The summed E-state index contributed by atoms with van der Waals surface area (Å²) in [6.07, 6.45) is 0.828. The summed E-state index contributed by atoms with van der Waals surface area (Å²) >= 11 is 0. The van der Waals surface area contributed by atoms with Crippen LogP contribution in [0.5, 0.6) is 23.0 Å². The van der Waals surface area contributed by atoms with Gasteiger partial charge in [0.25, 0.3) is 5.91 Å². The normalized spacial score (nSPS) is 10.4. The Balaban J connectivity index is 1.55. The van der Waals surface area contributed by atoms with E-state index >= 15 is 0 Å². The molecule has 0 spiro atoms. The SMILES string of the molecule is NC(=O)c1ccc(OCCNCCCOc2ccc(O)cc2)cc1O. The molecule has 7 nitrogen and oxygen atoms in total. The van der Waals surface area contributed by atoms with E-state index < -0.39 is 5.91 Å². The molecule has 0 aromatic heterocycles. The van der Waals surface area contributed by atoms with Crippen LogP contribution in [0.25, 0.3) is 0 Å². The third-order valence-corrected chi connectivity index (χ3v) is 3.39. The van der Waals surface area contributed by atoms with Crippen molar-refractivity contribution in [3.63, 3.8) is 0 Å². The summed E-state index contributed by atoms with van der Waals surface area (Å²) in [5.74, 6) is 0.538. The Morgan fingerprint density at radius 2 is 1.64 bits per heavy atom. The summed E-state index contributed by atoms with van der Waals surface area (Å²) in [5.41, 5.74) is 5.19. The first kappa shape index (κ1) is 18.4. The van der Waals surface area contributed by atoms with Gasteiger partial charge in [-0.05, 0) is 49.4 Å². The molecule has 2 aromatic carbocycles. The minimum absolute atomic E-state index is 0.0686. The number of nitrogens with one attached hydrogen (secondary N) is 1. The van der Waals surface area contributed by atoms with Gasteiger partial charge in [-0.3, -0.25) is 4.79 Å². The fraction of sp³-hybridized carbons (Fsp3) is 0.278. The number of ether oxygens (including phenoxy) is 2. The highest BCUT2D eigenvalue weighted by molar-refractivity contribution is 5.95. The van der Waals surface area contributed by atoms with Crippen LogP contribution < -0.4 is 20.5 Å². The number of primary amides is 1. The Kier molecular flexibility index (Phi) is 6.91. The molecular weight excluding hydrogens is 324 g/mol. The Hall–Kier alpha value is -2.93. The van der Waals surface area contributed by atoms with Crippen LogP contribution in [0.2, 0.25) is 0 Å². The molecule has 2 rings (SSSR count). The van der Waals surface area contributed by atoms with E-state index in [0.717, 1.165) is 18.7 Å². The summed E-state index contributed by atoms with van der Waals surface area (Å²) in [4.78, 5) is 11.0. The highest BCUT2D eigenvalue weighted by atomic mass is 16.5. The second-order valence-electron chi connectivity index (χ2n) is 5.34. The average Bonchev–Trinajstić information content (AvgIpc) is 2.58. The van der Waals surface area contributed by atoms with Crippen molar-refractivity contribution in [1.29, 1.82) is 0 Å². The Morgan fingerprint density at radius 1 is 0.960 bits per heavy atom. The molecule has 5 N–H and O–H groups in total. The zero-order chi connectivity index (χ0) is 18.1. The third-order valence-electron chi connectivity index (χ3n) is 3.39. The number of hydrogen-bond donors (Lipinski definition) is 4. The molecule has 25 heavy (non-hydrogen) atoms. The van der Waals surface area contributed by atoms with Gasteiger partial charge in [-0.25, -0.2) is 0 Å². The zero-order valence-corrected chi connectivity index (χ0v) is 13.8. The second-order valence-corrected chi connectivity index (χ2v) is 5.34. The molecule has 0 radical (unpaired) electrons. The predicted octanol–water partition coefficient (Wildman–Crippen LogP) is 1.63. The van der Waals surface area contributed by atoms with Gasteiger partial charge in [-0.15, -0.1) is 0 Å². The number of phenols is 2. The average molecular weight is 346 g/mol. The third kappa shape index (κ3) is 6.23. The maximum absolute atomic E-state index is 11.0. The minimum atomic E-state index is -0.680. The summed E-state index contributed by atoms with van der Waals surface area (Å²) in [5, 5.41) is 22.0. The van der Waals surface area contributed by atoms with Crippen molar-refractivity contribution in [2.24, 2.45) is 5.73 Å². The molecule has 0 saturated heterocycles. The lowest BCUT2D eigenvalue weighted by Gasteiger charge is -2.09. The van der Waals surface area contributed by atoms with Crippen LogP contribution in [0.3, 0.4) is 0 Å². The van der Waals surface area contributed by atoms with Crippen LogP contribution in [0.15, 0.2) is 42.5 Å². The molecule has 0 saturated carbocycles. The van der Waals surface area contributed by atoms with Crippen molar-refractivity contribution < 1.29 is 24.5 Å². The Labute approximate surface area is 146 Å². The van der Waals surface area contributed by atoms with Gasteiger partial charge < -0.3 is 30.7 Å². The first-order chi connectivity index (χ1) is 12.1. The summed E-state index contributed by atoms with van der Waals surface area (Å²) < 4.78 is 11.0. The van der Waals surface area contributed by atoms with E-state index in [0.29, 0.717) is 25.5 Å². The van der Waals surface area contributed by atoms with Crippen LogP contribution in [0.1, 0.15) is 16.8 Å². The molecule has 0 bridgehead atoms. The number of phenolic OH excluding ortho intramolecular Hbond substituents is 1. The van der Waals surface area contributed by atoms with E-state index in [9.17, 15) is 15.0 Å². The molecule has 2 aromatic rings. The van der Waals surface area contributed by atoms with Crippen LogP contribution in [0.4, 0.5) is 0 Å². The minimum Gasteiger partial charge on any atom is -0.508 e. The van der Waals surface area contributed by atoms with Gasteiger partial charge >= 0.3 is 0 Å². The molecule has 0 heterocycles. The van der Waals surface area contributed by atoms with E-state index in [1.54, 1.807) is 30.3 Å². The lowest BCUT2D eigenvalue weighted by molar-refractivity contribution is 0.0997. The lowest BCUT2D eigenvalue weighted by atomic mass is 10.2. The molecule has 0 aliphatic carbocycles. The molecule has 7 heteroatoms. The van der Waals surface area contributed by atoms with Crippen LogP contribution in [0, 0.1) is 0 Å². The van der Waals surface area contributed by atoms with E-state index in [1.807, 2.05) is 0 Å². The number of nitrogens with two attached hydrogens (primary N) is 1. The van der Waals surface area contributed by atoms with E-state index in [-0.39, 0.29) is 17.1 Å².